The molecular weight excluding hydrogens is 527 g/mol. The van der Waals surface area contributed by atoms with Gasteiger partial charge in [0.05, 0.1) is 30.8 Å². The quantitative estimate of drug-likeness (QED) is 0.404. The zero-order valence-corrected chi connectivity index (χ0v) is 19.9. The molecular formula is C20H17BrF3N5O3S. The Hall–Kier alpha value is -3.06. The fourth-order valence-corrected chi connectivity index (χ4v) is 4.86. The number of nitrogens with one attached hydrogen (secondary N) is 2. The highest BCUT2D eigenvalue weighted by molar-refractivity contribution is 9.11. The number of hydrogen-bond acceptors (Lipinski definition) is 4. The van der Waals surface area contributed by atoms with E-state index in [-0.39, 0.29) is 27.8 Å². The molecule has 0 aliphatic rings. The van der Waals surface area contributed by atoms with Gasteiger partial charge in [-0.2, -0.15) is 13.2 Å². The van der Waals surface area contributed by atoms with Crippen molar-refractivity contribution in [2.24, 2.45) is 7.05 Å². The summed E-state index contributed by atoms with van der Waals surface area (Å²) in [6, 6.07) is 6.18. The van der Waals surface area contributed by atoms with Crippen molar-refractivity contribution in [2.75, 3.05) is 19.4 Å². The number of fused-ring (bicyclic) bond motifs is 2. The van der Waals surface area contributed by atoms with Crippen molar-refractivity contribution in [3.8, 4) is 0 Å². The summed E-state index contributed by atoms with van der Waals surface area (Å²) in [4.78, 5) is 42.8. The van der Waals surface area contributed by atoms with Crippen LogP contribution in [-0.2, 0) is 13.6 Å². The van der Waals surface area contributed by atoms with Crippen LogP contribution in [0.4, 0.5) is 19.0 Å². The van der Waals surface area contributed by atoms with E-state index in [1.165, 1.54) is 49.5 Å². The molecule has 8 nitrogen and oxygen atoms in total. The summed E-state index contributed by atoms with van der Waals surface area (Å²) in [5, 5.41) is 2.97. The number of imidazole rings is 1. The summed E-state index contributed by atoms with van der Waals surface area (Å²) < 4.78 is 41.8. The molecule has 0 saturated carbocycles. The van der Waals surface area contributed by atoms with E-state index in [2.05, 4.69) is 26.2 Å². The van der Waals surface area contributed by atoms with Crippen LogP contribution in [0, 0.1) is 0 Å². The molecule has 3 aromatic heterocycles. The maximum Gasteiger partial charge on any atom is 0.406 e. The van der Waals surface area contributed by atoms with E-state index in [0.29, 0.717) is 15.0 Å². The first kappa shape index (κ1) is 23.1. The monoisotopic (exact) mass is 543 g/mol. The van der Waals surface area contributed by atoms with Gasteiger partial charge in [-0.1, -0.05) is 0 Å². The second-order valence-electron chi connectivity index (χ2n) is 7.56. The molecule has 0 unspecified atom stereocenters. The zero-order chi connectivity index (χ0) is 24.2. The smallest absolute Gasteiger partial charge is 0.345 e. The number of benzene rings is 1. The van der Waals surface area contributed by atoms with Gasteiger partial charge in [-0.05, 0) is 40.2 Å². The number of nitrogens with zero attached hydrogens (tertiary/aromatic N) is 3. The third-order valence-corrected chi connectivity index (χ3v) is 6.68. The van der Waals surface area contributed by atoms with Gasteiger partial charge >= 0.3 is 11.9 Å². The standard InChI is InChI=1S/C20H17BrF3N5O3S/c1-27(2)18(31)15-9-6-12-11(28(3)19(32)29(12)8-20(22,23)24)7-10(9)25-16(15)26-17(30)13-4-5-14(21)33-13/h4-7,25H,8H2,1-3H3,(H,26,30). The zero-order valence-electron chi connectivity index (χ0n) is 17.5. The number of H-pyrrole nitrogens is 1. The molecule has 0 aliphatic carbocycles. The lowest BCUT2D eigenvalue weighted by Crippen LogP contribution is -2.28. The largest absolute Gasteiger partial charge is 0.406 e. The fourth-order valence-electron chi connectivity index (χ4n) is 3.57. The van der Waals surface area contributed by atoms with E-state index >= 15 is 0 Å². The van der Waals surface area contributed by atoms with Gasteiger partial charge in [-0.3, -0.25) is 18.7 Å². The molecule has 0 saturated heterocycles. The number of carbonyl (C=O) groups excluding carboxylic acids is 2. The van der Waals surface area contributed by atoms with Crippen molar-refractivity contribution in [2.45, 2.75) is 12.7 Å². The molecule has 0 aliphatic heterocycles. The van der Waals surface area contributed by atoms with Crippen molar-refractivity contribution in [3.63, 3.8) is 0 Å². The van der Waals surface area contributed by atoms with E-state index in [9.17, 15) is 27.6 Å². The minimum Gasteiger partial charge on any atom is -0.345 e. The first-order valence-corrected chi connectivity index (χ1v) is 11.1. The predicted octanol–water partition coefficient (Wildman–Crippen LogP) is 4.16. The molecule has 13 heteroatoms. The molecule has 0 spiro atoms. The lowest BCUT2D eigenvalue weighted by molar-refractivity contribution is -0.140. The number of alkyl halides is 3. The lowest BCUT2D eigenvalue weighted by atomic mass is 10.1. The number of anilines is 1. The van der Waals surface area contributed by atoms with E-state index in [1.54, 1.807) is 12.1 Å². The van der Waals surface area contributed by atoms with E-state index < -0.39 is 30.2 Å². The highest BCUT2D eigenvalue weighted by Gasteiger charge is 2.31. The van der Waals surface area contributed by atoms with Crippen molar-refractivity contribution in [3.05, 3.63) is 49.0 Å². The number of aromatic nitrogens is 3. The molecule has 4 aromatic rings. The maximum atomic E-state index is 13.1. The minimum absolute atomic E-state index is 0.0270. The summed E-state index contributed by atoms with van der Waals surface area (Å²) in [6.45, 7) is -1.47. The van der Waals surface area contributed by atoms with Crippen molar-refractivity contribution < 1.29 is 22.8 Å². The van der Waals surface area contributed by atoms with E-state index in [4.69, 9.17) is 0 Å². The number of carbonyl (C=O) groups is 2. The van der Waals surface area contributed by atoms with Crippen LogP contribution in [0.3, 0.4) is 0 Å². The molecule has 2 N–H and O–H groups in total. The Morgan fingerprint density at radius 1 is 1.21 bits per heavy atom. The van der Waals surface area contributed by atoms with Gasteiger partial charge in [0, 0.05) is 26.5 Å². The molecule has 1 aromatic carbocycles. The van der Waals surface area contributed by atoms with E-state index in [0.717, 1.165) is 8.35 Å². The van der Waals surface area contributed by atoms with Crippen LogP contribution in [0.25, 0.3) is 21.9 Å². The molecule has 0 atom stereocenters. The summed E-state index contributed by atoms with van der Waals surface area (Å²) in [5.41, 5.74) is -0.0841. The van der Waals surface area contributed by atoms with Crippen LogP contribution in [-0.4, -0.2) is 51.1 Å². The van der Waals surface area contributed by atoms with Crippen LogP contribution in [0.2, 0.25) is 0 Å². The second-order valence-corrected chi connectivity index (χ2v) is 10.0. The number of hydrogen-bond donors (Lipinski definition) is 2. The third-order valence-electron chi connectivity index (χ3n) is 5.06. The number of rotatable bonds is 4. The highest BCUT2D eigenvalue weighted by Crippen LogP contribution is 2.32. The van der Waals surface area contributed by atoms with Crippen LogP contribution < -0.4 is 11.0 Å². The summed E-state index contributed by atoms with van der Waals surface area (Å²) >= 11 is 4.50. The normalized spacial score (nSPS) is 12.0. The molecule has 4 rings (SSSR count). The van der Waals surface area contributed by atoms with Crippen LogP contribution in [0.5, 0.6) is 0 Å². The second kappa shape index (κ2) is 8.06. The Balaban J connectivity index is 1.94. The van der Waals surface area contributed by atoms with Crippen LogP contribution in [0.1, 0.15) is 20.0 Å². The van der Waals surface area contributed by atoms with Crippen LogP contribution >= 0.6 is 27.3 Å². The molecule has 2 amide bonds. The summed E-state index contributed by atoms with van der Waals surface area (Å²) in [7, 11) is 4.41. The van der Waals surface area contributed by atoms with Gasteiger partial charge in [-0.25, -0.2) is 4.79 Å². The number of thiophene rings is 1. The molecule has 0 bridgehead atoms. The molecule has 0 radical (unpaired) electrons. The van der Waals surface area contributed by atoms with Gasteiger partial charge in [0.1, 0.15) is 12.4 Å². The van der Waals surface area contributed by atoms with Crippen molar-refractivity contribution >= 4 is 66.8 Å². The number of halogens is 4. The van der Waals surface area contributed by atoms with Crippen molar-refractivity contribution in [1.82, 2.24) is 19.0 Å². The highest BCUT2D eigenvalue weighted by atomic mass is 79.9. The Labute approximate surface area is 196 Å². The summed E-state index contributed by atoms with van der Waals surface area (Å²) in [5.74, 6) is -0.814. The first-order chi connectivity index (χ1) is 15.4. The Morgan fingerprint density at radius 3 is 2.48 bits per heavy atom. The third kappa shape index (κ3) is 4.17. The average molecular weight is 544 g/mol. The van der Waals surface area contributed by atoms with E-state index in [1.807, 2.05) is 0 Å². The molecule has 0 fully saturated rings. The number of amides is 2. The Kier molecular flexibility index (Phi) is 5.65. The van der Waals surface area contributed by atoms with Gasteiger partial charge in [0.25, 0.3) is 11.8 Å². The molecule has 174 valence electrons. The molecule has 3 heterocycles. The van der Waals surface area contributed by atoms with Gasteiger partial charge in [0.15, 0.2) is 0 Å². The number of aryl methyl sites for hydroxylation is 1. The van der Waals surface area contributed by atoms with Gasteiger partial charge in [-0.15, -0.1) is 11.3 Å². The predicted molar refractivity (Wildman–Crippen MR) is 123 cm³/mol. The molecule has 33 heavy (non-hydrogen) atoms. The van der Waals surface area contributed by atoms with Gasteiger partial charge < -0.3 is 15.2 Å². The Morgan fingerprint density at radius 2 is 1.91 bits per heavy atom. The minimum atomic E-state index is -4.61. The van der Waals surface area contributed by atoms with Crippen LogP contribution in [0.15, 0.2) is 32.8 Å². The number of aromatic amines is 1. The fraction of sp³-hybridized carbons (Fsp3) is 0.250. The average Bonchev–Trinajstić information content (AvgIpc) is 3.36. The lowest BCUT2D eigenvalue weighted by Gasteiger charge is -2.12. The SMILES string of the molecule is CN(C)C(=O)c1c(NC(=O)c2ccc(Br)s2)[nH]c2cc3c(cc12)n(CC(F)(F)F)c(=O)n3C. The van der Waals surface area contributed by atoms with Gasteiger partial charge in [0.2, 0.25) is 0 Å². The topological polar surface area (TPSA) is 92.1 Å². The summed E-state index contributed by atoms with van der Waals surface area (Å²) in [6.07, 6.45) is -4.61. The maximum absolute atomic E-state index is 13.1. The Bertz CT molecular complexity index is 1480. The first-order valence-electron chi connectivity index (χ1n) is 9.47. The van der Waals surface area contributed by atoms with Crippen molar-refractivity contribution in [1.29, 1.82) is 0 Å².